The van der Waals surface area contributed by atoms with Gasteiger partial charge in [-0.3, -0.25) is 18.9 Å². The minimum absolute atomic E-state index is 0.0338. The topological polar surface area (TPSA) is 162 Å². The van der Waals surface area contributed by atoms with Gasteiger partial charge >= 0.3 is 19.7 Å². The van der Waals surface area contributed by atoms with Crippen LogP contribution in [0.5, 0.6) is 5.75 Å². The lowest BCUT2D eigenvalue weighted by molar-refractivity contribution is -0.157. The zero-order valence-electron chi connectivity index (χ0n) is 22.4. The number of carbonyl (C=O) groups is 3. The average molecular weight is 578 g/mol. The molecule has 2 aliphatic rings. The Balaban J connectivity index is 1.89. The van der Waals surface area contributed by atoms with Crippen molar-refractivity contribution in [3.8, 4) is 18.1 Å². The number of hydrogen-bond donors (Lipinski definition) is 3. The van der Waals surface area contributed by atoms with Crippen LogP contribution in [0.4, 0.5) is 0 Å². The Morgan fingerprint density at radius 1 is 1.32 bits per heavy atom. The quantitative estimate of drug-likeness (QED) is 0.198. The SMILES string of the molecule is C#C[C@@]1(O)[C@H](OC(C)=O)[C@@H](COP(=O)(N[C@@H](C)C(=O)OC(C)C)Oc2ccccc2)O[C@H]1N1C=CC(=O)NC1=C. The maximum atomic E-state index is 13.9. The third-order valence-corrected chi connectivity index (χ3v) is 7.27. The third kappa shape index (κ3) is 7.29. The number of amides is 1. The number of nitrogens with zero attached hydrogens (tertiary/aromatic N) is 1. The van der Waals surface area contributed by atoms with E-state index in [4.69, 9.17) is 29.7 Å². The number of ether oxygens (including phenoxy) is 3. The van der Waals surface area contributed by atoms with Gasteiger partial charge in [0.1, 0.15) is 23.7 Å². The molecule has 6 atom stereocenters. The highest BCUT2D eigenvalue weighted by atomic mass is 31.2. The maximum absolute atomic E-state index is 13.9. The lowest BCUT2D eigenvalue weighted by Gasteiger charge is -2.36. The molecule has 0 aromatic heterocycles. The Morgan fingerprint density at radius 2 is 2.00 bits per heavy atom. The van der Waals surface area contributed by atoms with Gasteiger partial charge in [-0.05, 0) is 32.9 Å². The molecule has 1 aromatic rings. The van der Waals surface area contributed by atoms with Gasteiger partial charge in [0.2, 0.25) is 5.60 Å². The van der Waals surface area contributed by atoms with Gasteiger partial charge in [0.25, 0.3) is 5.91 Å². The fourth-order valence-corrected chi connectivity index (χ4v) is 5.38. The summed E-state index contributed by atoms with van der Waals surface area (Å²) in [5, 5.41) is 16.4. The second-order valence-electron chi connectivity index (χ2n) is 9.22. The van der Waals surface area contributed by atoms with Crippen LogP contribution in [0.2, 0.25) is 0 Å². The standard InChI is InChI=1S/C26H32N3O10P/c1-7-26(33)23(37-19(6)30)21(38-25(26)29-14-13-22(31)27-18(29)5)15-35-40(34,39-20-11-9-8-10-12-20)28-17(4)24(32)36-16(2)3/h1,8-14,16-17,21,23,25,33H,5,15H2,2-4,6H3,(H,27,31)(H,28,34)/t17-,21+,23+,25+,26+,40?/m0/s1. The van der Waals surface area contributed by atoms with Crippen LogP contribution >= 0.6 is 7.75 Å². The fraction of sp³-hybridized carbons (Fsp3) is 0.423. The predicted molar refractivity (Wildman–Crippen MR) is 141 cm³/mol. The summed E-state index contributed by atoms with van der Waals surface area (Å²) in [5.41, 5.74) is -2.26. The number of esters is 2. The largest absolute Gasteiger partial charge is 0.462 e. The zero-order chi connectivity index (χ0) is 29.7. The van der Waals surface area contributed by atoms with Gasteiger partial charge in [-0.15, -0.1) is 6.42 Å². The van der Waals surface area contributed by atoms with Crippen LogP contribution in [0.3, 0.4) is 0 Å². The molecule has 2 aliphatic heterocycles. The van der Waals surface area contributed by atoms with Crippen molar-refractivity contribution in [1.82, 2.24) is 15.3 Å². The minimum atomic E-state index is -4.34. The molecule has 14 heteroatoms. The summed E-state index contributed by atoms with van der Waals surface area (Å²) in [4.78, 5) is 37.3. The molecule has 0 saturated carbocycles. The average Bonchev–Trinajstić information content (AvgIpc) is 3.14. The Bertz CT molecular complexity index is 1250. The molecule has 1 aromatic carbocycles. The molecule has 0 spiro atoms. The van der Waals surface area contributed by atoms with Crippen molar-refractivity contribution in [2.45, 2.75) is 63.9 Å². The molecule has 2 heterocycles. The monoisotopic (exact) mass is 577 g/mol. The van der Waals surface area contributed by atoms with Crippen molar-refractivity contribution in [1.29, 1.82) is 0 Å². The van der Waals surface area contributed by atoms with E-state index in [0.717, 1.165) is 13.0 Å². The molecule has 3 N–H and O–H groups in total. The van der Waals surface area contributed by atoms with E-state index in [2.05, 4.69) is 22.9 Å². The number of aliphatic hydroxyl groups is 1. The van der Waals surface area contributed by atoms with E-state index in [1.54, 1.807) is 32.0 Å². The van der Waals surface area contributed by atoms with E-state index in [0.29, 0.717) is 0 Å². The predicted octanol–water partition coefficient (Wildman–Crippen LogP) is 1.56. The lowest BCUT2D eigenvalue weighted by atomic mass is 9.94. The summed E-state index contributed by atoms with van der Waals surface area (Å²) < 4.78 is 41.6. The van der Waals surface area contributed by atoms with E-state index in [1.807, 2.05) is 0 Å². The van der Waals surface area contributed by atoms with Crippen LogP contribution in [0.15, 0.2) is 55.0 Å². The first-order valence-corrected chi connectivity index (χ1v) is 13.8. The molecule has 1 saturated heterocycles. The number of hydrogen-bond acceptors (Lipinski definition) is 11. The van der Waals surface area contributed by atoms with E-state index < -0.39 is 68.4 Å². The number of benzene rings is 1. The van der Waals surface area contributed by atoms with Crippen LogP contribution in [-0.4, -0.2) is 70.6 Å². The van der Waals surface area contributed by atoms with Crippen LogP contribution in [-0.2, 0) is 37.7 Å². The second kappa shape index (κ2) is 12.7. The van der Waals surface area contributed by atoms with Crippen molar-refractivity contribution >= 4 is 25.6 Å². The summed E-state index contributed by atoms with van der Waals surface area (Å²) in [7, 11) is -4.34. The van der Waals surface area contributed by atoms with Crippen molar-refractivity contribution in [3.63, 3.8) is 0 Å². The summed E-state index contributed by atoms with van der Waals surface area (Å²) in [5.74, 6) is 0.437. The summed E-state index contributed by atoms with van der Waals surface area (Å²) in [6.07, 6.45) is 3.48. The third-order valence-electron chi connectivity index (χ3n) is 5.63. The molecular formula is C26H32N3O10P. The summed E-state index contributed by atoms with van der Waals surface area (Å²) in [6, 6.07) is 6.93. The minimum Gasteiger partial charge on any atom is -0.462 e. The van der Waals surface area contributed by atoms with Gasteiger partial charge in [-0.1, -0.05) is 30.7 Å². The van der Waals surface area contributed by atoms with Crippen LogP contribution < -0.4 is 14.9 Å². The first kappa shape index (κ1) is 30.9. The van der Waals surface area contributed by atoms with E-state index >= 15 is 0 Å². The number of rotatable bonds is 11. The number of nitrogens with one attached hydrogen (secondary N) is 2. The van der Waals surface area contributed by atoms with Crippen LogP contribution in [0, 0.1) is 12.3 Å². The van der Waals surface area contributed by atoms with Crippen LogP contribution in [0.25, 0.3) is 0 Å². The second-order valence-corrected chi connectivity index (χ2v) is 10.9. The molecule has 1 unspecified atom stereocenters. The number of terminal acetylenes is 1. The van der Waals surface area contributed by atoms with E-state index in [9.17, 15) is 24.1 Å². The molecule has 0 radical (unpaired) electrons. The molecule has 13 nitrogen and oxygen atoms in total. The molecule has 216 valence electrons. The highest BCUT2D eigenvalue weighted by Gasteiger charge is 2.60. The highest BCUT2D eigenvalue weighted by molar-refractivity contribution is 7.52. The molecule has 1 fully saturated rings. The van der Waals surface area contributed by atoms with Gasteiger partial charge in [-0.25, -0.2) is 4.57 Å². The van der Waals surface area contributed by atoms with Gasteiger partial charge in [0.15, 0.2) is 12.3 Å². The fourth-order valence-electron chi connectivity index (χ4n) is 3.88. The maximum Gasteiger partial charge on any atom is 0.459 e. The van der Waals surface area contributed by atoms with Gasteiger partial charge in [-0.2, -0.15) is 5.09 Å². The smallest absolute Gasteiger partial charge is 0.459 e. The Hall–Kier alpha value is -3.66. The molecule has 0 aliphatic carbocycles. The normalized spacial score (nSPS) is 26.4. The van der Waals surface area contributed by atoms with Crippen molar-refractivity contribution in [2.24, 2.45) is 0 Å². The van der Waals surface area contributed by atoms with Gasteiger partial charge in [0.05, 0.1) is 12.7 Å². The Morgan fingerprint density at radius 3 is 2.58 bits per heavy atom. The van der Waals surface area contributed by atoms with Crippen molar-refractivity contribution in [2.75, 3.05) is 6.61 Å². The first-order chi connectivity index (χ1) is 18.8. The van der Waals surface area contributed by atoms with Crippen molar-refractivity contribution < 1.29 is 47.3 Å². The number of carbonyl (C=O) groups excluding carboxylic acids is 3. The lowest BCUT2D eigenvalue weighted by Crippen LogP contribution is -2.55. The van der Waals surface area contributed by atoms with Crippen LogP contribution in [0.1, 0.15) is 27.7 Å². The molecule has 1 amide bonds. The van der Waals surface area contributed by atoms with E-state index in [-0.39, 0.29) is 11.6 Å². The molecular weight excluding hydrogens is 545 g/mol. The zero-order valence-corrected chi connectivity index (χ0v) is 23.3. The molecule has 3 rings (SSSR count). The summed E-state index contributed by atoms with van der Waals surface area (Å²) >= 11 is 0. The summed E-state index contributed by atoms with van der Waals surface area (Å²) in [6.45, 7) is 8.99. The Kier molecular flexibility index (Phi) is 9.78. The van der Waals surface area contributed by atoms with Gasteiger partial charge < -0.3 is 34.1 Å². The Labute approximate surface area is 232 Å². The number of para-hydroxylation sites is 1. The van der Waals surface area contributed by atoms with Gasteiger partial charge in [0, 0.05) is 19.2 Å². The molecule has 0 bridgehead atoms. The first-order valence-electron chi connectivity index (χ1n) is 12.2. The van der Waals surface area contributed by atoms with Crippen molar-refractivity contribution in [3.05, 3.63) is 55.0 Å². The highest BCUT2D eigenvalue weighted by Crippen LogP contribution is 2.46. The van der Waals surface area contributed by atoms with E-state index in [1.165, 1.54) is 30.2 Å². The molecule has 40 heavy (non-hydrogen) atoms.